The van der Waals surface area contributed by atoms with Crippen LogP contribution in [0.2, 0.25) is 0 Å². The molecule has 2 heterocycles. The first-order valence-electron chi connectivity index (χ1n) is 6.73. The van der Waals surface area contributed by atoms with Gasteiger partial charge in [0.15, 0.2) is 0 Å². The number of piperidine rings is 1. The van der Waals surface area contributed by atoms with Crippen LogP contribution >= 0.6 is 0 Å². The summed E-state index contributed by atoms with van der Waals surface area (Å²) in [6.07, 6.45) is 5.46. The first-order chi connectivity index (χ1) is 7.54. The lowest BCUT2D eigenvalue weighted by molar-refractivity contribution is 0.0407. The molecule has 0 radical (unpaired) electrons. The zero-order valence-corrected chi connectivity index (χ0v) is 10.8. The third-order valence-electron chi connectivity index (χ3n) is 3.77. The van der Waals surface area contributed by atoms with Gasteiger partial charge in [-0.1, -0.05) is 6.42 Å². The average Bonchev–Trinajstić information content (AvgIpc) is 2.65. The molecule has 2 aliphatic rings. The molecule has 3 nitrogen and oxygen atoms in total. The minimum atomic E-state index is -0.545. The van der Waals surface area contributed by atoms with Gasteiger partial charge in [0, 0.05) is 19.1 Å². The van der Waals surface area contributed by atoms with Crippen molar-refractivity contribution in [1.29, 1.82) is 0 Å². The van der Waals surface area contributed by atoms with Crippen molar-refractivity contribution in [2.45, 2.75) is 51.2 Å². The summed E-state index contributed by atoms with van der Waals surface area (Å²) < 4.78 is 0. The molecule has 1 atom stereocenters. The molecule has 2 fully saturated rings. The van der Waals surface area contributed by atoms with E-state index in [1.165, 1.54) is 38.8 Å². The number of likely N-dealkylation sites (tertiary alicyclic amines) is 2. The van der Waals surface area contributed by atoms with E-state index in [2.05, 4.69) is 9.80 Å². The van der Waals surface area contributed by atoms with Gasteiger partial charge in [0.2, 0.25) is 0 Å². The van der Waals surface area contributed by atoms with Crippen LogP contribution in [0.3, 0.4) is 0 Å². The van der Waals surface area contributed by atoms with Crippen molar-refractivity contribution in [1.82, 2.24) is 9.80 Å². The second-order valence-corrected chi connectivity index (χ2v) is 6.09. The van der Waals surface area contributed by atoms with Crippen LogP contribution in [0.1, 0.15) is 39.5 Å². The van der Waals surface area contributed by atoms with E-state index in [-0.39, 0.29) is 0 Å². The molecule has 2 saturated heterocycles. The lowest BCUT2D eigenvalue weighted by Crippen LogP contribution is -2.43. The van der Waals surface area contributed by atoms with Crippen molar-refractivity contribution in [2.75, 3.05) is 32.7 Å². The number of aliphatic hydroxyl groups is 1. The van der Waals surface area contributed by atoms with Crippen molar-refractivity contribution in [3.05, 3.63) is 0 Å². The second kappa shape index (κ2) is 5.03. The van der Waals surface area contributed by atoms with E-state index < -0.39 is 5.60 Å². The predicted octanol–water partition coefficient (Wildman–Crippen LogP) is 1.32. The van der Waals surface area contributed by atoms with Crippen LogP contribution in [0.15, 0.2) is 0 Å². The summed E-state index contributed by atoms with van der Waals surface area (Å²) in [5.74, 6) is 0. The van der Waals surface area contributed by atoms with Crippen molar-refractivity contribution in [3.8, 4) is 0 Å². The first-order valence-corrected chi connectivity index (χ1v) is 6.73. The van der Waals surface area contributed by atoms with E-state index in [1.54, 1.807) is 0 Å². The Hall–Kier alpha value is -0.120. The topological polar surface area (TPSA) is 26.7 Å². The van der Waals surface area contributed by atoms with Crippen LogP contribution in [-0.2, 0) is 0 Å². The average molecular weight is 226 g/mol. The third kappa shape index (κ3) is 3.44. The highest BCUT2D eigenvalue weighted by molar-refractivity contribution is 4.87. The number of β-amino-alcohol motifs (C(OH)–C–C–N with tert-alkyl or cyclic N) is 1. The van der Waals surface area contributed by atoms with E-state index >= 15 is 0 Å². The van der Waals surface area contributed by atoms with Gasteiger partial charge in [-0.2, -0.15) is 0 Å². The Morgan fingerprint density at radius 2 is 1.81 bits per heavy atom. The molecule has 0 spiro atoms. The molecule has 94 valence electrons. The highest BCUT2D eigenvalue weighted by Crippen LogP contribution is 2.21. The zero-order valence-electron chi connectivity index (χ0n) is 10.8. The largest absolute Gasteiger partial charge is 0.389 e. The normalized spacial score (nSPS) is 29.8. The van der Waals surface area contributed by atoms with Crippen molar-refractivity contribution in [3.63, 3.8) is 0 Å². The van der Waals surface area contributed by atoms with E-state index in [0.717, 1.165) is 25.7 Å². The van der Waals surface area contributed by atoms with Crippen LogP contribution in [0.5, 0.6) is 0 Å². The molecule has 0 aromatic carbocycles. The molecule has 0 aromatic rings. The molecular formula is C13H26N2O. The molecule has 1 N–H and O–H groups in total. The van der Waals surface area contributed by atoms with E-state index in [9.17, 15) is 5.11 Å². The van der Waals surface area contributed by atoms with Crippen LogP contribution < -0.4 is 0 Å². The lowest BCUT2D eigenvalue weighted by atomic mass is 10.1. The van der Waals surface area contributed by atoms with E-state index in [0.29, 0.717) is 0 Å². The summed E-state index contributed by atoms with van der Waals surface area (Å²) in [6.45, 7) is 9.52. The van der Waals surface area contributed by atoms with Gasteiger partial charge in [-0.25, -0.2) is 0 Å². The summed E-state index contributed by atoms with van der Waals surface area (Å²) in [7, 11) is 0. The Morgan fingerprint density at radius 1 is 1.12 bits per heavy atom. The van der Waals surface area contributed by atoms with E-state index in [1.807, 2.05) is 13.8 Å². The van der Waals surface area contributed by atoms with Gasteiger partial charge in [-0.05, 0) is 52.7 Å². The van der Waals surface area contributed by atoms with Crippen LogP contribution in [-0.4, -0.2) is 59.3 Å². The summed E-state index contributed by atoms with van der Waals surface area (Å²) in [4.78, 5) is 5.08. The third-order valence-corrected chi connectivity index (χ3v) is 3.77. The van der Waals surface area contributed by atoms with Crippen LogP contribution in [0, 0.1) is 0 Å². The van der Waals surface area contributed by atoms with Gasteiger partial charge in [-0.3, -0.25) is 9.80 Å². The van der Waals surface area contributed by atoms with Gasteiger partial charge in [0.25, 0.3) is 0 Å². The number of hydrogen-bond donors (Lipinski definition) is 1. The molecule has 1 unspecified atom stereocenters. The Kier molecular flexibility index (Phi) is 3.88. The molecule has 0 bridgehead atoms. The quantitative estimate of drug-likeness (QED) is 0.786. The molecule has 0 aromatic heterocycles. The van der Waals surface area contributed by atoms with Crippen molar-refractivity contribution in [2.24, 2.45) is 0 Å². The minimum Gasteiger partial charge on any atom is -0.389 e. The summed E-state index contributed by atoms with van der Waals surface area (Å²) in [5.41, 5.74) is -0.545. The molecule has 0 saturated carbocycles. The maximum absolute atomic E-state index is 9.82. The molecule has 0 amide bonds. The maximum atomic E-state index is 9.82. The molecule has 16 heavy (non-hydrogen) atoms. The SMILES string of the molecule is CC(C)(O)CN1CCC(N2CCCCC2)C1. The summed E-state index contributed by atoms with van der Waals surface area (Å²) in [6, 6.07) is 0.752. The number of hydrogen-bond acceptors (Lipinski definition) is 3. The van der Waals surface area contributed by atoms with Crippen LogP contribution in [0.25, 0.3) is 0 Å². The maximum Gasteiger partial charge on any atom is 0.0718 e. The Morgan fingerprint density at radius 3 is 2.44 bits per heavy atom. The minimum absolute atomic E-state index is 0.545. The Balaban J connectivity index is 1.78. The second-order valence-electron chi connectivity index (χ2n) is 6.09. The van der Waals surface area contributed by atoms with Gasteiger partial charge in [0.05, 0.1) is 5.60 Å². The smallest absolute Gasteiger partial charge is 0.0718 e. The highest BCUT2D eigenvalue weighted by atomic mass is 16.3. The molecular weight excluding hydrogens is 200 g/mol. The molecule has 0 aliphatic carbocycles. The molecule has 3 heteroatoms. The summed E-state index contributed by atoms with van der Waals surface area (Å²) in [5, 5.41) is 9.82. The molecule has 2 rings (SSSR count). The van der Waals surface area contributed by atoms with Crippen LogP contribution in [0.4, 0.5) is 0 Å². The zero-order chi connectivity index (χ0) is 11.6. The standard InChI is InChI=1S/C13H26N2O/c1-13(2,16)11-14-9-6-12(10-14)15-7-4-3-5-8-15/h12,16H,3-11H2,1-2H3. The predicted molar refractivity (Wildman–Crippen MR) is 66.6 cm³/mol. The highest BCUT2D eigenvalue weighted by Gasteiger charge is 2.30. The summed E-state index contributed by atoms with van der Waals surface area (Å²) >= 11 is 0. The number of nitrogens with zero attached hydrogens (tertiary/aromatic N) is 2. The van der Waals surface area contributed by atoms with Gasteiger partial charge in [-0.15, -0.1) is 0 Å². The van der Waals surface area contributed by atoms with Gasteiger partial charge >= 0.3 is 0 Å². The van der Waals surface area contributed by atoms with Crippen molar-refractivity contribution < 1.29 is 5.11 Å². The first kappa shape index (κ1) is 12.3. The Labute approximate surface area is 99.4 Å². The lowest BCUT2D eigenvalue weighted by Gasteiger charge is -2.32. The van der Waals surface area contributed by atoms with Gasteiger partial charge < -0.3 is 5.11 Å². The Bertz CT molecular complexity index is 218. The van der Waals surface area contributed by atoms with E-state index in [4.69, 9.17) is 0 Å². The van der Waals surface area contributed by atoms with Gasteiger partial charge in [0.1, 0.15) is 0 Å². The molecule has 2 aliphatic heterocycles. The fourth-order valence-corrected chi connectivity index (χ4v) is 3.08. The fourth-order valence-electron chi connectivity index (χ4n) is 3.08. The fraction of sp³-hybridized carbons (Fsp3) is 1.00. The monoisotopic (exact) mass is 226 g/mol. The van der Waals surface area contributed by atoms with Crippen molar-refractivity contribution >= 4 is 0 Å². The number of rotatable bonds is 3.